The fourth-order valence-electron chi connectivity index (χ4n) is 1.40. The van der Waals surface area contributed by atoms with E-state index in [9.17, 15) is 13.2 Å². The molecule has 6 heteroatoms. The van der Waals surface area contributed by atoms with E-state index in [1.165, 1.54) is 17.2 Å². The summed E-state index contributed by atoms with van der Waals surface area (Å²) in [5.74, 6) is -0.0202. The number of rotatable bonds is 4. The Labute approximate surface area is 107 Å². The number of anilines is 1. The van der Waals surface area contributed by atoms with Gasteiger partial charge in [0.1, 0.15) is 5.82 Å². The van der Waals surface area contributed by atoms with Crippen LogP contribution in [0.4, 0.5) is 19.0 Å². The van der Waals surface area contributed by atoms with Gasteiger partial charge in [0.05, 0.1) is 5.56 Å². The van der Waals surface area contributed by atoms with Crippen LogP contribution in [-0.2, 0) is 6.18 Å². The summed E-state index contributed by atoms with van der Waals surface area (Å²) < 4.78 is 38.2. The second-order valence-corrected chi connectivity index (χ2v) is 5.43. The van der Waals surface area contributed by atoms with Crippen molar-refractivity contribution in [1.82, 2.24) is 4.98 Å². The van der Waals surface area contributed by atoms with Gasteiger partial charge in [0.15, 0.2) is 0 Å². The third kappa shape index (κ3) is 4.18. The first-order chi connectivity index (χ1) is 7.82. The largest absolute Gasteiger partial charge is 0.419 e. The minimum absolute atomic E-state index is 0.0202. The molecule has 1 aromatic heterocycles. The topological polar surface area (TPSA) is 16.1 Å². The molecule has 0 aliphatic heterocycles. The van der Waals surface area contributed by atoms with Crippen LogP contribution in [0, 0.1) is 0 Å². The molecule has 0 aliphatic carbocycles. The van der Waals surface area contributed by atoms with Crippen LogP contribution >= 0.6 is 15.9 Å². The van der Waals surface area contributed by atoms with Crippen molar-refractivity contribution in [3.8, 4) is 0 Å². The minimum Gasteiger partial charge on any atom is -0.359 e. The molecular formula is C11H14BrF3N2. The van der Waals surface area contributed by atoms with Gasteiger partial charge in [-0.05, 0) is 18.6 Å². The molecule has 96 valence electrons. The highest BCUT2D eigenvalue weighted by atomic mass is 79.9. The zero-order valence-corrected chi connectivity index (χ0v) is 11.2. The lowest BCUT2D eigenvalue weighted by molar-refractivity contribution is -0.137. The maximum atomic E-state index is 12.7. The average molecular weight is 311 g/mol. The van der Waals surface area contributed by atoms with E-state index < -0.39 is 11.7 Å². The Balaban J connectivity index is 2.89. The molecule has 0 aliphatic rings. The van der Waals surface area contributed by atoms with Gasteiger partial charge in [-0.2, -0.15) is 13.2 Å². The number of alkyl halides is 4. The first-order valence-electron chi connectivity index (χ1n) is 5.19. The third-order valence-electron chi connectivity index (χ3n) is 2.32. The van der Waals surface area contributed by atoms with Crippen molar-refractivity contribution in [1.29, 1.82) is 0 Å². The number of aromatic nitrogens is 1. The Hall–Kier alpha value is -0.780. The quantitative estimate of drug-likeness (QED) is 0.788. The van der Waals surface area contributed by atoms with E-state index in [1.807, 2.05) is 6.92 Å². The highest BCUT2D eigenvalue weighted by Gasteiger charge is 2.34. The van der Waals surface area contributed by atoms with E-state index in [1.54, 1.807) is 7.05 Å². The van der Waals surface area contributed by atoms with Gasteiger partial charge in [-0.1, -0.05) is 22.9 Å². The van der Waals surface area contributed by atoms with Crippen LogP contribution in [0.15, 0.2) is 18.3 Å². The van der Waals surface area contributed by atoms with Crippen LogP contribution < -0.4 is 4.90 Å². The van der Waals surface area contributed by atoms with Gasteiger partial charge in [0.25, 0.3) is 0 Å². The lowest BCUT2D eigenvalue weighted by Gasteiger charge is -2.22. The summed E-state index contributed by atoms with van der Waals surface area (Å²) in [6.07, 6.45) is -2.24. The number of hydrogen-bond donors (Lipinski definition) is 0. The molecular weight excluding hydrogens is 297 g/mol. The second-order valence-electron chi connectivity index (χ2n) is 3.86. The minimum atomic E-state index is -4.36. The molecule has 1 heterocycles. The van der Waals surface area contributed by atoms with E-state index in [-0.39, 0.29) is 10.6 Å². The summed E-state index contributed by atoms with van der Waals surface area (Å²) in [7, 11) is 1.62. The molecule has 0 saturated heterocycles. The van der Waals surface area contributed by atoms with Gasteiger partial charge in [0, 0.05) is 24.6 Å². The van der Waals surface area contributed by atoms with E-state index in [4.69, 9.17) is 0 Å². The van der Waals surface area contributed by atoms with E-state index in [0.29, 0.717) is 6.54 Å². The average Bonchev–Trinajstić information content (AvgIpc) is 2.24. The normalized spacial score (nSPS) is 13.5. The van der Waals surface area contributed by atoms with Crippen LogP contribution in [0.5, 0.6) is 0 Å². The maximum Gasteiger partial charge on any atom is 0.419 e. The molecule has 1 unspecified atom stereocenters. The molecule has 0 bridgehead atoms. The number of pyridine rings is 1. The fraction of sp³-hybridized carbons (Fsp3) is 0.545. The van der Waals surface area contributed by atoms with Crippen molar-refractivity contribution in [2.24, 2.45) is 0 Å². The highest BCUT2D eigenvalue weighted by molar-refractivity contribution is 9.09. The van der Waals surface area contributed by atoms with Gasteiger partial charge >= 0.3 is 6.18 Å². The lowest BCUT2D eigenvalue weighted by Crippen LogP contribution is -2.24. The zero-order chi connectivity index (χ0) is 13.1. The second kappa shape index (κ2) is 5.71. The van der Waals surface area contributed by atoms with Crippen molar-refractivity contribution in [2.45, 2.75) is 24.3 Å². The van der Waals surface area contributed by atoms with E-state index in [2.05, 4.69) is 20.9 Å². The summed E-state index contributed by atoms with van der Waals surface area (Å²) in [6.45, 7) is 2.48. The van der Waals surface area contributed by atoms with Crippen molar-refractivity contribution in [2.75, 3.05) is 18.5 Å². The predicted molar refractivity (Wildman–Crippen MR) is 65.5 cm³/mol. The Morgan fingerprint density at radius 3 is 2.65 bits per heavy atom. The van der Waals surface area contributed by atoms with Gasteiger partial charge in [-0.15, -0.1) is 0 Å². The molecule has 0 spiro atoms. The number of nitrogens with zero attached hydrogens (tertiary/aromatic N) is 2. The smallest absolute Gasteiger partial charge is 0.359 e. The van der Waals surface area contributed by atoms with E-state index in [0.717, 1.165) is 12.5 Å². The van der Waals surface area contributed by atoms with Crippen LogP contribution in [0.1, 0.15) is 18.9 Å². The molecule has 1 rings (SSSR count). The van der Waals surface area contributed by atoms with Crippen LogP contribution in [0.25, 0.3) is 0 Å². The highest BCUT2D eigenvalue weighted by Crippen LogP contribution is 2.34. The molecule has 0 fully saturated rings. The zero-order valence-electron chi connectivity index (χ0n) is 9.63. The molecule has 1 aromatic rings. The molecule has 0 saturated carbocycles. The van der Waals surface area contributed by atoms with E-state index >= 15 is 0 Å². The predicted octanol–water partition coefficient (Wildman–Crippen LogP) is 3.71. The Morgan fingerprint density at radius 1 is 1.47 bits per heavy atom. The molecule has 2 nitrogen and oxygen atoms in total. The van der Waals surface area contributed by atoms with Crippen molar-refractivity contribution in [3.63, 3.8) is 0 Å². The maximum absolute atomic E-state index is 12.7. The van der Waals surface area contributed by atoms with Gasteiger partial charge < -0.3 is 4.90 Å². The van der Waals surface area contributed by atoms with Crippen molar-refractivity contribution in [3.05, 3.63) is 23.9 Å². The van der Waals surface area contributed by atoms with Gasteiger partial charge in [-0.25, -0.2) is 4.98 Å². The Morgan fingerprint density at radius 2 is 2.12 bits per heavy atom. The summed E-state index contributed by atoms with van der Waals surface area (Å²) in [5, 5.41) is 0. The van der Waals surface area contributed by atoms with Gasteiger partial charge in [0.2, 0.25) is 0 Å². The molecule has 0 aromatic carbocycles. The van der Waals surface area contributed by atoms with Gasteiger partial charge in [-0.3, -0.25) is 0 Å². The number of hydrogen-bond acceptors (Lipinski definition) is 2. The van der Waals surface area contributed by atoms with Crippen LogP contribution in [-0.4, -0.2) is 23.4 Å². The molecule has 0 N–H and O–H groups in total. The van der Waals surface area contributed by atoms with Crippen LogP contribution in [0.2, 0.25) is 0 Å². The summed E-state index contributed by atoms with van der Waals surface area (Å²) in [6, 6.07) is 2.35. The molecule has 17 heavy (non-hydrogen) atoms. The summed E-state index contributed by atoms with van der Waals surface area (Å²) in [4.78, 5) is 5.61. The Bertz CT molecular complexity index is 366. The Kier molecular flexibility index (Phi) is 4.80. The third-order valence-corrected chi connectivity index (χ3v) is 2.77. The summed E-state index contributed by atoms with van der Waals surface area (Å²) >= 11 is 3.36. The first kappa shape index (κ1) is 14.3. The molecule has 0 amide bonds. The summed E-state index contributed by atoms with van der Waals surface area (Å²) in [5.41, 5.74) is -0.690. The van der Waals surface area contributed by atoms with Crippen molar-refractivity contribution < 1.29 is 13.2 Å². The molecule has 1 atom stereocenters. The first-order valence-corrected chi connectivity index (χ1v) is 6.11. The fourth-order valence-corrected chi connectivity index (χ4v) is 1.60. The van der Waals surface area contributed by atoms with Crippen LogP contribution in [0.3, 0.4) is 0 Å². The van der Waals surface area contributed by atoms with Crippen molar-refractivity contribution >= 4 is 21.7 Å². The monoisotopic (exact) mass is 310 g/mol. The standard InChI is InChI=1S/C11H14BrF3N2/c1-8(12)5-7-17(2)10-9(11(13,14)15)4-3-6-16-10/h3-4,6,8H,5,7H2,1-2H3. The molecule has 0 radical (unpaired) electrons. The number of halogens is 4. The SMILES string of the molecule is CC(Br)CCN(C)c1ncccc1C(F)(F)F. The lowest BCUT2D eigenvalue weighted by atomic mass is 10.2.